The Morgan fingerprint density at radius 2 is 2.00 bits per heavy atom. The lowest BCUT2D eigenvalue weighted by Gasteiger charge is -2.09. The van der Waals surface area contributed by atoms with E-state index >= 15 is 0 Å². The molecule has 0 fully saturated rings. The molecule has 2 N–H and O–H groups in total. The molecular formula is C11H14Br2N2O3S. The summed E-state index contributed by atoms with van der Waals surface area (Å²) in [4.78, 5) is 11.5. The first-order chi connectivity index (χ1) is 8.86. The molecule has 1 rings (SSSR count). The van der Waals surface area contributed by atoms with E-state index in [0.717, 1.165) is 10.9 Å². The summed E-state index contributed by atoms with van der Waals surface area (Å²) in [6.45, 7) is 2.18. The van der Waals surface area contributed by atoms with E-state index in [1.165, 1.54) is 6.07 Å². The molecule has 8 heteroatoms. The van der Waals surface area contributed by atoms with Crippen molar-refractivity contribution in [3.63, 3.8) is 0 Å². The maximum Gasteiger partial charge on any atom is 0.242 e. The minimum Gasteiger partial charge on any atom is -0.355 e. The summed E-state index contributed by atoms with van der Waals surface area (Å²) in [5.74, 6) is -0.348. The molecule has 106 valence electrons. The van der Waals surface area contributed by atoms with Crippen LogP contribution in [-0.4, -0.2) is 27.4 Å². The van der Waals surface area contributed by atoms with Gasteiger partial charge in [-0.05, 0) is 40.5 Å². The van der Waals surface area contributed by atoms with Crippen molar-refractivity contribution >= 4 is 47.8 Å². The lowest BCUT2D eigenvalue weighted by atomic mass is 10.4. The predicted molar refractivity (Wildman–Crippen MR) is 80.3 cm³/mol. The van der Waals surface area contributed by atoms with Gasteiger partial charge in [-0.25, -0.2) is 13.1 Å². The molecule has 0 aliphatic heterocycles. The van der Waals surface area contributed by atoms with Gasteiger partial charge in [0.1, 0.15) is 0 Å². The molecule has 1 amide bonds. The molecule has 0 aromatic heterocycles. The van der Waals surface area contributed by atoms with E-state index < -0.39 is 10.0 Å². The van der Waals surface area contributed by atoms with Crippen molar-refractivity contribution < 1.29 is 13.2 Å². The lowest BCUT2D eigenvalue weighted by molar-refractivity contribution is -0.119. The summed E-state index contributed by atoms with van der Waals surface area (Å²) in [6.07, 6.45) is 0.802. The molecule has 0 aliphatic carbocycles. The Morgan fingerprint density at radius 1 is 1.32 bits per heavy atom. The van der Waals surface area contributed by atoms with Gasteiger partial charge in [0.25, 0.3) is 0 Å². The number of amides is 1. The van der Waals surface area contributed by atoms with Crippen molar-refractivity contribution in [2.45, 2.75) is 18.2 Å². The topological polar surface area (TPSA) is 75.3 Å². The van der Waals surface area contributed by atoms with E-state index in [9.17, 15) is 13.2 Å². The Morgan fingerprint density at radius 3 is 2.58 bits per heavy atom. The molecular weight excluding hydrogens is 400 g/mol. The van der Waals surface area contributed by atoms with E-state index in [2.05, 4.69) is 41.9 Å². The summed E-state index contributed by atoms with van der Waals surface area (Å²) < 4.78 is 27.5. The van der Waals surface area contributed by atoms with Crippen molar-refractivity contribution in [1.82, 2.24) is 10.0 Å². The first kappa shape index (κ1) is 16.6. The Hall–Kier alpha value is -0.440. The fraction of sp³-hybridized carbons (Fsp3) is 0.364. The average molecular weight is 414 g/mol. The Kier molecular flexibility index (Phi) is 6.45. The highest BCUT2D eigenvalue weighted by molar-refractivity contribution is 9.11. The van der Waals surface area contributed by atoms with Crippen LogP contribution in [0.2, 0.25) is 0 Å². The van der Waals surface area contributed by atoms with E-state index in [4.69, 9.17) is 0 Å². The first-order valence-corrected chi connectivity index (χ1v) is 8.65. The zero-order valence-electron chi connectivity index (χ0n) is 10.2. The monoisotopic (exact) mass is 412 g/mol. The second kappa shape index (κ2) is 7.37. The van der Waals surface area contributed by atoms with Crippen LogP contribution in [0.5, 0.6) is 0 Å². The fourth-order valence-electron chi connectivity index (χ4n) is 1.26. The predicted octanol–water partition coefficient (Wildman–Crippen LogP) is 2.02. The van der Waals surface area contributed by atoms with Gasteiger partial charge < -0.3 is 5.32 Å². The normalized spacial score (nSPS) is 11.3. The number of carbonyl (C=O) groups excluding carboxylic acids is 1. The van der Waals surface area contributed by atoms with Crippen LogP contribution in [0.3, 0.4) is 0 Å². The van der Waals surface area contributed by atoms with Crippen LogP contribution in [-0.2, 0) is 14.8 Å². The number of carbonyl (C=O) groups is 1. The van der Waals surface area contributed by atoms with Crippen LogP contribution in [0.15, 0.2) is 32.0 Å². The zero-order chi connectivity index (χ0) is 14.5. The van der Waals surface area contributed by atoms with E-state index in [-0.39, 0.29) is 17.3 Å². The molecule has 0 saturated heterocycles. The number of halogens is 2. The Labute approximate surface area is 129 Å². The first-order valence-electron chi connectivity index (χ1n) is 5.58. The number of sulfonamides is 1. The Balaban J connectivity index is 2.73. The summed E-state index contributed by atoms with van der Waals surface area (Å²) in [5, 5.41) is 2.60. The smallest absolute Gasteiger partial charge is 0.242 e. The number of nitrogens with one attached hydrogen (secondary N) is 2. The highest BCUT2D eigenvalue weighted by atomic mass is 79.9. The van der Waals surface area contributed by atoms with Gasteiger partial charge in [-0.1, -0.05) is 22.9 Å². The average Bonchev–Trinajstić information content (AvgIpc) is 2.33. The quantitative estimate of drug-likeness (QED) is 0.748. The molecule has 1 aromatic rings. The van der Waals surface area contributed by atoms with Crippen LogP contribution < -0.4 is 10.0 Å². The third-order valence-corrected chi connectivity index (χ3v) is 5.05. The van der Waals surface area contributed by atoms with Gasteiger partial charge in [0.05, 0.1) is 11.4 Å². The molecule has 0 spiro atoms. The largest absolute Gasteiger partial charge is 0.355 e. The maximum atomic E-state index is 12.0. The standard InChI is InChI=1S/C11H14Br2N2O3S/c1-2-5-14-11(16)7-15-19(17,18)10-4-3-8(12)6-9(10)13/h3-4,6,15H,2,5,7H2,1H3,(H,14,16). The van der Waals surface area contributed by atoms with Crippen molar-refractivity contribution in [1.29, 1.82) is 0 Å². The third-order valence-electron chi connectivity index (χ3n) is 2.18. The highest BCUT2D eigenvalue weighted by Gasteiger charge is 2.18. The molecule has 0 radical (unpaired) electrons. The van der Waals surface area contributed by atoms with Gasteiger partial charge in [0.2, 0.25) is 15.9 Å². The van der Waals surface area contributed by atoms with E-state index in [0.29, 0.717) is 11.0 Å². The lowest BCUT2D eigenvalue weighted by Crippen LogP contribution is -2.37. The molecule has 0 heterocycles. The fourth-order valence-corrected chi connectivity index (χ4v) is 3.98. The summed E-state index contributed by atoms with van der Waals surface area (Å²) in [5.41, 5.74) is 0. The van der Waals surface area contributed by atoms with Crippen LogP contribution >= 0.6 is 31.9 Å². The van der Waals surface area contributed by atoms with Crippen molar-refractivity contribution in [2.75, 3.05) is 13.1 Å². The van der Waals surface area contributed by atoms with E-state index in [1.54, 1.807) is 12.1 Å². The van der Waals surface area contributed by atoms with E-state index in [1.807, 2.05) is 6.92 Å². The second-order valence-electron chi connectivity index (χ2n) is 3.75. The van der Waals surface area contributed by atoms with Gasteiger partial charge >= 0.3 is 0 Å². The third kappa shape index (κ3) is 5.21. The van der Waals surface area contributed by atoms with Gasteiger partial charge in [0, 0.05) is 15.5 Å². The number of hydrogen-bond donors (Lipinski definition) is 2. The van der Waals surface area contributed by atoms with Crippen molar-refractivity contribution in [2.24, 2.45) is 0 Å². The molecule has 5 nitrogen and oxygen atoms in total. The summed E-state index contributed by atoms with van der Waals surface area (Å²) in [7, 11) is -3.71. The van der Waals surface area contributed by atoms with Crippen molar-refractivity contribution in [3.8, 4) is 0 Å². The highest BCUT2D eigenvalue weighted by Crippen LogP contribution is 2.25. The zero-order valence-corrected chi connectivity index (χ0v) is 14.2. The minimum absolute atomic E-state index is 0.0963. The minimum atomic E-state index is -3.71. The molecule has 0 atom stereocenters. The Bertz CT molecular complexity index is 561. The molecule has 19 heavy (non-hydrogen) atoms. The molecule has 0 unspecified atom stereocenters. The second-order valence-corrected chi connectivity index (χ2v) is 7.25. The van der Waals surface area contributed by atoms with Gasteiger partial charge in [-0.3, -0.25) is 4.79 Å². The number of hydrogen-bond acceptors (Lipinski definition) is 3. The molecule has 0 bridgehead atoms. The van der Waals surface area contributed by atoms with Gasteiger partial charge in [-0.2, -0.15) is 0 Å². The van der Waals surface area contributed by atoms with Crippen LogP contribution in [0.4, 0.5) is 0 Å². The summed E-state index contributed by atoms with van der Waals surface area (Å²) in [6, 6.07) is 4.71. The van der Waals surface area contributed by atoms with Crippen LogP contribution in [0, 0.1) is 0 Å². The van der Waals surface area contributed by atoms with Gasteiger partial charge in [-0.15, -0.1) is 0 Å². The molecule has 0 saturated carbocycles. The molecule has 0 aliphatic rings. The number of benzene rings is 1. The van der Waals surface area contributed by atoms with Crippen LogP contribution in [0.1, 0.15) is 13.3 Å². The number of rotatable bonds is 6. The van der Waals surface area contributed by atoms with Crippen LogP contribution in [0.25, 0.3) is 0 Å². The van der Waals surface area contributed by atoms with Gasteiger partial charge in [0.15, 0.2) is 0 Å². The SMILES string of the molecule is CCCNC(=O)CNS(=O)(=O)c1ccc(Br)cc1Br. The summed E-state index contributed by atoms with van der Waals surface area (Å²) >= 11 is 6.43. The molecule has 1 aromatic carbocycles. The van der Waals surface area contributed by atoms with Crippen molar-refractivity contribution in [3.05, 3.63) is 27.1 Å². The maximum absolute atomic E-state index is 12.0.